The van der Waals surface area contributed by atoms with Crippen molar-refractivity contribution >= 4 is 92.4 Å². The molecule has 8 aromatic rings. The summed E-state index contributed by atoms with van der Waals surface area (Å²) in [6.45, 7) is 2.54. The number of carbonyl (C=O) groups excluding carboxylic acids is 2. The molecule has 0 bridgehead atoms. The van der Waals surface area contributed by atoms with E-state index in [9.17, 15) is 24.3 Å². The van der Waals surface area contributed by atoms with E-state index < -0.39 is 52.7 Å². The molecule has 0 radical (unpaired) electrons. The fourth-order valence-electron chi connectivity index (χ4n) is 8.69. The van der Waals surface area contributed by atoms with E-state index in [1.165, 1.54) is 30.3 Å². The number of ether oxygens (including phenoxy) is 1. The predicted octanol–water partition coefficient (Wildman–Crippen LogP) is 8.85. The number of aryl methyl sites for hydroxylation is 2. The standard InChI is InChI=1S/C27H24ClF2N3O4S.C25H20ClF2N3O4S.Na/c1-2-37-27(36)17-5-3-6-20(22(17)29)38-26-18-10-11-19(28)23(30)25(18)33(24(26)15-8-9-15)16-13-31-32(14-16)12-4-7-21(34)35;26-17-9-8-16-23(21(17)28)31(14-11-29-30(12-14)10-2-5-19(32)33)22(13-6-7-13)24(16)36-18-4-1-3-15(20(18)27)25(34)35;/h3,5-6,10-11,13-15H,2,4,7-9,12H2,1H3,(H,34,35);1,3-4,8-9,11-13H,2,5-7,10H2,(H,32,33)(H,34,35);/q;;+1/p-1. The Morgan fingerprint density at radius 3 is 1.49 bits per heavy atom. The molecule has 384 valence electrons. The SMILES string of the molecule is CCOC(=O)c1cccc(Sc2c(C3CC3)n(-c3cnn(CCCC(=O)O)c3)c3c(F)c(Cl)ccc23)c1F.O=C(O)CCCn1cc(-n2c(C3CC3)c(Sc3cccc(C(=O)[O-])c3F)c3ccc(Cl)c(F)c32)cn1.[Na+]. The van der Waals surface area contributed by atoms with Gasteiger partial charge in [0.25, 0.3) is 0 Å². The van der Waals surface area contributed by atoms with Gasteiger partial charge in [0.1, 0.15) is 5.82 Å². The smallest absolute Gasteiger partial charge is 0.545 e. The van der Waals surface area contributed by atoms with Gasteiger partial charge in [-0.15, -0.1) is 0 Å². The van der Waals surface area contributed by atoms with Gasteiger partial charge in [-0.3, -0.25) is 19.0 Å². The maximum absolute atomic E-state index is 15.6. The third-order valence-electron chi connectivity index (χ3n) is 12.3. The molecule has 2 aliphatic rings. The van der Waals surface area contributed by atoms with Gasteiger partial charge in [0.15, 0.2) is 17.5 Å². The van der Waals surface area contributed by atoms with Crippen LogP contribution in [0, 0.1) is 23.3 Å². The molecule has 0 saturated heterocycles. The summed E-state index contributed by atoms with van der Waals surface area (Å²) in [5.41, 5.74) is 2.51. The number of aliphatic carboxylic acids is 2. The number of benzene rings is 4. The van der Waals surface area contributed by atoms with Gasteiger partial charge in [0.2, 0.25) is 0 Å². The minimum Gasteiger partial charge on any atom is -0.545 e. The van der Waals surface area contributed by atoms with Crippen LogP contribution in [0.2, 0.25) is 10.0 Å². The molecule has 10 rings (SSSR count). The zero-order chi connectivity index (χ0) is 52.5. The molecule has 23 heteroatoms. The van der Waals surface area contributed by atoms with Gasteiger partial charge in [-0.2, -0.15) is 10.2 Å². The number of esters is 1. The fourth-order valence-corrected chi connectivity index (χ4v) is 11.4. The van der Waals surface area contributed by atoms with Crippen molar-refractivity contribution in [2.24, 2.45) is 0 Å². The minimum absolute atomic E-state index is 0. The van der Waals surface area contributed by atoms with Crippen molar-refractivity contribution in [3.63, 3.8) is 0 Å². The normalized spacial score (nSPS) is 13.2. The molecule has 0 unspecified atom stereocenters. The van der Waals surface area contributed by atoms with Crippen molar-refractivity contribution in [3.05, 3.63) is 141 Å². The van der Waals surface area contributed by atoms with Crippen molar-refractivity contribution in [3.8, 4) is 11.4 Å². The van der Waals surface area contributed by atoms with Crippen molar-refractivity contribution < 1.29 is 86.4 Å². The molecule has 2 fully saturated rings. The molecule has 2 aliphatic carbocycles. The van der Waals surface area contributed by atoms with Crippen LogP contribution in [0.25, 0.3) is 33.2 Å². The average molecular weight is 1110 g/mol. The number of carbonyl (C=O) groups is 4. The topological polar surface area (TPSA) is 187 Å². The van der Waals surface area contributed by atoms with Crippen LogP contribution in [0.4, 0.5) is 17.6 Å². The summed E-state index contributed by atoms with van der Waals surface area (Å²) in [6, 6.07) is 14.9. The summed E-state index contributed by atoms with van der Waals surface area (Å²) >= 11 is 14.5. The summed E-state index contributed by atoms with van der Waals surface area (Å²) in [5, 5.41) is 38.8. The Labute approximate surface area is 466 Å². The molecule has 0 spiro atoms. The minimum atomic E-state index is -1.62. The first-order valence-corrected chi connectivity index (χ1v) is 25.8. The van der Waals surface area contributed by atoms with E-state index in [-0.39, 0.29) is 97.3 Å². The molecule has 2 saturated carbocycles. The van der Waals surface area contributed by atoms with Gasteiger partial charge in [0.05, 0.1) is 63.0 Å². The molecule has 4 aromatic heterocycles. The average Bonchev–Trinajstić information content (AvgIpc) is 4.23. The number of carboxylic acid groups (broad SMARTS) is 3. The van der Waals surface area contributed by atoms with Gasteiger partial charge in [-0.05, 0) is 87.9 Å². The van der Waals surface area contributed by atoms with Gasteiger partial charge in [-0.25, -0.2) is 22.4 Å². The van der Waals surface area contributed by atoms with Crippen LogP contribution in [0.1, 0.15) is 102 Å². The van der Waals surface area contributed by atoms with E-state index in [4.69, 9.17) is 38.2 Å². The zero-order valence-corrected chi connectivity index (χ0v) is 45.3. The zero-order valence-electron chi connectivity index (χ0n) is 40.1. The Morgan fingerprint density at radius 2 is 1.09 bits per heavy atom. The number of hydrogen-bond donors (Lipinski definition) is 2. The molecule has 4 aromatic carbocycles. The molecule has 0 amide bonds. The molecular weight excluding hydrogens is 1070 g/mol. The summed E-state index contributed by atoms with van der Waals surface area (Å²) in [7, 11) is 0. The van der Waals surface area contributed by atoms with Gasteiger partial charge >= 0.3 is 47.5 Å². The maximum Gasteiger partial charge on any atom is 1.00 e. The largest absolute Gasteiger partial charge is 1.00 e. The second kappa shape index (κ2) is 23.7. The van der Waals surface area contributed by atoms with Crippen molar-refractivity contribution in [1.29, 1.82) is 0 Å². The van der Waals surface area contributed by atoms with E-state index in [2.05, 4.69) is 10.2 Å². The van der Waals surface area contributed by atoms with Crippen LogP contribution in [0.3, 0.4) is 0 Å². The van der Waals surface area contributed by atoms with Gasteiger partial charge in [-0.1, -0.05) is 64.9 Å². The Morgan fingerprint density at radius 1 is 0.667 bits per heavy atom. The third-order valence-corrected chi connectivity index (χ3v) is 15.2. The molecule has 0 atom stereocenters. The number of fused-ring (bicyclic) bond motifs is 2. The number of aromatic nitrogens is 6. The Hall–Kier alpha value is -5.74. The first-order valence-electron chi connectivity index (χ1n) is 23.4. The second-order valence-corrected chi connectivity index (χ2v) is 20.4. The fraction of sp³-hybridized carbons (Fsp3) is 0.269. The molecular formula is C52H43Cl2F4N6NaO8S2. The summed E-state index contributed by atoms with van der Waals surface area (Å²) in [6.07, 6.45) is 10.9. The predicted molar refractivity (Wildman–Crippen MR) is 267 cm³/mol. The number of carboxylic acids is 3. The number of rotatable bonds is 19. The molecule has 4 heterocycles. The van der Waals surface area contributed by atoms with Gasteiger partial charge < -0.3 is 34.0 Å². The third kappa shape index (κ3) is 11.8. The van der Waals surface area contributed by atoms with E-state index >= 15 is 17.6 Å². The van der Waals surface area contributed by atoms with Crippen LogP contribution in [-0.4, -0.2) is 69.4 Å². The van der Waals surface area contributed by atoms with E-state index in [0.29, 0.717) is 57.9 Å². The molecule has 0 aliphatic heterocycles. The second-order valence-electron chi connectivity index (χ2n) is 17.5. The number of hydrogen-bond acceptors (Lipinski definition) is 10. The van der Waals surface area contributed by atoms with Crippen LogP contribution in [0.5, 0.6) is 0 Å². The quantitative estimate of drug-likeness (QED) is 0.0446. The number of halogens is 6. The Balaban J connectivity index is 0.000000197. The first kappa shape index (κ1) is 55.5. The van der Waals surface area contributed by atoms with Crippen molar-refractivity contribution in [1.82, 2.24) is 28.7 Å². The van der Waals surface area contributed by atoms with E-state index in [1.807, 2.05) is 0 Å². The molecule has 75 heavy (non-hydrogen) atoms. The number of aromatic carboxylic acids is 1. The Bertz CT molecular complexity index is 3520. The monoisotopic (exact) mass is 1110 g/mol. The molecule has 2 N–H and O–H groups in total. The van der Waals surface area contributed by atoms with Crippen LogP contribution >= 0.6 is 46.7 Å². The van der Waals surface area contributed by atoms with Crippen molar-refractivity contribution in [2.45, 2.75) is 103 Å². The van der Waals surface area contributed by atoms with Crippen LogP contribution in [-0.2, 0) is 27.4 Å². The van der Waals surface area contributed by atoms with Gasteiger partial charge in [0, 0.05) is 97.5 Å². The van der Waals surface area contributed by atoms with Crippen molar-refractivity contribution in [2.75, 3.05) is 6.61 Å². The maximum atomic E-state index is 15.6. The summed E-state index contributed by atoms with van der Waals surface area (Å²) < 4.78 is 73.3. The summed E-state index contributed by atoms with van der Waals surface area (Å²) in [4.78, 5) is 46.9. The molecule has 14 nitrogen and oxygen atoms in total. The Kier molecular flexibility index (Phi) is 17.5. The first-order chi connectivity index (χ1) is 35.6. The van der Waals surface area contributed by atoms with Crippen LogP contribution < -0.4 is 34.7 Å². The number of nitrogens with zero attached hydrogens (tertiary/aromatic N) is 6. The van der Waals surface area contributed by atoms with E-state index in [1.54, 1.807) is 74.5 Å². The van der Waals surface area contributed by atoms with E-state index in [0.717, 1.165) is 66.7 Å². The summed E-state index contributed by atoms with van der Waals surface area (Å²) in [5.74, 6) is -6.78. The van der Waals surface area contributed by atoms with Crippen LogP contribution in [0.15, 0.2) is 105 Å².